The van der Waals surface area contributed by atoms with Gasteiger partial charge in [0.2, 0.25) is 0 Å². The van der Waals surface area contributed by atoms with Crippen molar-refractivity contribution in [2.75, 3.05) is 26.4 Å². The normalized spacial score (nSPS) is 12.6. The van der Waals surface area contributed by atoms with E-state index in [0.29, 0.717) is 52.1 Å². The summed E-state index contributed by atoms with van der Waals surface area (Å²) in [6, 6.07) is 8.99. The first-order valence-electron chi connectivity index (χ1n) is 31.1. The molecule has 8 heteroatoms. The Labute approximate surface area is 450 Å². The highest BCUT2D eigenvalue weighted by atomic mass is 16.5. The van der Waals surface area contributed by atoms with Gasteiger partial charge in [-0.05, 0) is 75.6 Å². The maximum absolute atomic E-state index is 10.6. The molecule has 0 bridgehead atoms. The van der Waals surface area contributed by atoms with E-state index in [4.69, 9.17) is 18.9 Å². The molecule has 4 rings (SSSR count). The second kappa shape index (κ2) is 43.2. The van der Waals surface area contributed by atoms with Crippen LogP contribution in [0.25, 0.3) is 33.8 Å². The van der Waals surface area contributed by atoms with Crippen LogP contribution in [0, 0.1) is 0 Å². The summed E-state index contributed by atoms with van der Waals surface area (Å²) in [5.41, 5.74) is 4.49. The molecule has 2 aromatic rings. The number of aldehydes is 4. The first-order chi connectivity index (χ1) is 36.8. The topological polar surface area (TPSA) is 105 Å². The largest absolute Gasteiger partial charge is 0.489 e. The summed E-state index contributed by atoms with van der Waals surface area (Å²) in [6.07, 6.45) is 54.9. The Kier molecular flexibility index (Phi) is 36.5. The zero-order valence-electron chi connectivity index (χ0n) is 46.8. The molecule has 2 aliphatic rings. The van der Waals surface area contributed by atoms with E-state index in [2.05, 4.69) is 24.3 Å². The van der Waals surface area contributed by atoms with Gasteiger partial charge in [-0.1, -0.05) is 205 Å². The molecule has 2 aromatic carbocycles. The molecule has 0 unspecified atom stereocenters. The van der Waals surface area contributed by atoms with Crippen LogP contribution in [0.4, 0.5) is 0 Å². The van der Waals surface area contributed by atoms with Crippen LogP contribution in [0.3, 0.4) is 0 Å². The molecule has 0 saturated carbocycles. The van der Waals surface area contributed by atoms with E-state index >= 15 is 0 Å². The second-order valence-corrected chi connectivity index (χ2v) is 21.7. The minimum Gasteiger partial charge on any atom is -0.489 e. The molecule has 74 heavy (non-hydrogen) atoms. The van der Waals surface area contributed by atoms with Crippen LogP contribution in [0.15, 0.2) is 24.3 Å². The summed E-state index contributed by atoms with van der Waals surface area (Å²) in [6.45, 7) is 2.69. The predicted octanol–water partition coefficient (Wildman–Crippen LogP) is 19.1. The summed E-state index contributed by atoms with van der Waals surface area (Å²) in [4.78, 5) is 42.4. The Balaban J connectivity index is 1.37. The van der Waals surface area contributed by atoms with Crippen LogP contribution in [0.2, 0.25) is 0 Å². The van der Waals surface area contributed by atoms with Gasteiger partial charge in [0.25, 0.3) is 0 Å². The molecule has 0 radical (unpaired) electrons. The van der Waals surface area contributed by atoms with E-state index in [1.807, 2.05) is 0 Å². The predicted molar refractivity (Wildman–Crippen MR) is 309 cm³/mol. The Morgan fingerprint density at radius 2 is 0.365 bits per heavy atom. The van der Waals surface area contributed by atoms with Crippen LogP contribution in [0.5, 0.6) is 0 Å². The van der Waals surface area contributed by atoms with E-state index in [0.717, 1.165) is 147 Å². The number of ether oxygens (including phenoxy) is 4. The van der Waals surface area contributed by atoms with Crippen molar-refractivity contribution in [1.29, 1.82) is 0 Å². The first-order valence-corrected chi connectivity index (χ1v) is 31.1. The van der Waals surface area contributed by atoms with Crippen molar-refractivity contribution in [3.63, 3.8) is 0 Å². The minimum atomic E-state index is 0.673. The van der Waals surface area contributed by atoms with Gasteiger partial charge in [0.05, 0.1) is 26.4 Å². The third-order valence-corrected chi connectivity index (χ3v) is 15.4. The van der Waals surface area contributed by atoms with Crippen molar-refractivity contribution in [3.05, 3.63) is 46.5 Å². The number of carbonyl (C=O) groups is 4. The van der Waals surface area contributed by atoms with Gasteiger partial charge < -0.3 is 38.1 Å². The molecule has 0 amide bonds. The molecular weight excluding hydrogens is 921 g/mol. The third kappa shape index (κ3) is 25.3. The molecule has 0 atom stereocenters. The van der Waals surface area contributed by atoms with E-state index in [1.54, 1.807) is 0 Å². The van der Waals surface area contributed by atoms with Crippen molar-refractivity contribution in [2.24, 2.45) is 0 Å². The van der Waals surface area contributed by atoms with Crippen LogP contribution in [-0.4, -0.2) is 51.6 Å². The van der Waals surface area contributed by atoms with Gasteiger partial charge >= 0.3 is 0 Å². The van der Waals surface area contributed by atoms with Crippen molar-refractivity contribution >= 4 is 59.0 Å². The van der Waals surface area contributed by atoms with Gasteiger partial charge in [-0.2, -0.15) is 0 Å². The average Bonchev–Trinajstić information content (AvgIpc) is 3.89. The van der Waals surface area contributed by atoms with Crippen LogP contribution >= 0.6 is 0 Å². The second-order valence-electron chi connectivity index (χ2n) is 21.7. The van der Waals surface area contributed by atoms with Gasteiger partial charge in [-0.15, -0.1) is 0 Å². The number of benzene rings is 2. The Morgan fingerprint density at radius 3 is 0.527 bits per heavy atom. The maximum Gasteiger partial charge on any atom is 0.169 e. The number of unbranched alkanes of at least 4 members (excludes halogenated alkanes) is 40. The highest BCUT2D eigenvalue weighted by Crippen LogP contribution is 2.51. The lowest BCUT2D eigenvalue weighted by Crippen LogP contribution is -2.00. The van der Waals surface area contributed by atoms with Crippen molar-refractivity contribution < 1.29 is 38.1 Å². The van der Waals surface area contributed by atoms with Crippen molar-refractivity contribution in [1.82, 2.24) is 0 Å². The van der Waals surface area contributed by atoms with Crippen LogP contribution < -0.4 is 0 Å². The van der Waals surface area contributed by atoms with E-state index in [9.17, 15) is 19.2 Å². The van der Waals surface area contributed by atoms with Gasteiger partial charge in [-0.3, -0.25) is 0 Å². The minimum absolute atomic E-state index is 0.673. The molecular formula is C66H104O8. The van der Waals surface area contributed by atoms with Crippen LogP contribution in [-0.2, 0) is 38.1 Å². The quantitative estimate of drug-likeness (QED) is 0.0477. The highest BCUT2D eigenvalue weighted by molar-refractivity contribution is 6.20. The lowest BCUT2D eigenvalue weighted by atomic mass is 9.98. The summed E-state index contributed by atoms with van der Waals surface area (Å²) in [5.74, 6) is 3.55. The zero-order chi connectivity index (χ0) is 52.2. The molecule has 416 valence electrons. The summed E-state index contributed by atoms with van der Waals surface area (Å²) in [7, 11) is 0. The first kappa shape index (κ1) is 62.6. The maximum atomic E-state index is 10.6. The fourth-order valence-corrected chi connectivity index (χ4v) is 11.0. The van der Waals surface area contributed by atoms with E-state index in [1.165, 1.54) is 191 Å². The van der Waals surface area contributed by atoms with Crippen LogP contribution in [0.1, 0.15) is 305 Å². The lowest BCUT2D eigenvalue weighted by molar-refractivity contribution is -0.108. The van der Waals surface area contributed by atoms with Gasteiger partial charge in [-0.25, -0.2) is 0 Å². The van der Waals surface area contributed by atoms with Gasteiger partial charge in [0, 0.05) is 58.7 Å². The summed E-state index contributed by atoms with van der Waals surface area (Å²) < 4.78 is 27.3. The molecule has 0 heterocycles. The molecule has 0 fully saturated rings. The van der Waals surface area contributed by atoms with Crippen molar-refractivity contribution in [3.8, 4) is 0 Å². The fourth-order valence-electron chi connectivity index (χ4n) is 11.0. The number of carbonyl (C=O) groups excluding carboxylic acids is 4. The fraction of sp³-hybridized carbons (Fsp3) is 0.727. The zero-order valence-corrected chi connectivity index (χ0v) is 46.8. The molecule has 0 spiro atoms. The highest BCUT2D eigenvalue weighted by Gasteiger charge is 2.35. The molecule has 8 nitrogen and oxygen atoms in total. The van der Waals surface area contributed by atoms with E-state index < -0.39 is 0 Å². The SMILES string of the molecule is O=CCCCCCCCCCCCCOC1=C(OCCCCCCCCCCCCC=O)c2ccc3c4c(ccc1c24)C(OCCCCCCCCCCCCC=O)=C3OCCCCCCCCCCCCC=O. The number of hydrogen-bond acceptors (Lipinski definition) is 8. The molecule has 0 aliphatic heterocycles. The van der Waals surface area contributed by atoms with Gasteiger partial charge in [0.1, 0.15) is 25.1 Å². The summed E-state index contributed by atoms with van der Waals surface area (Å²) >= 11 is 0. The average molecular weight is 1030 g/mol. The van der Waals surface area contributed by atoms with E-state index in [-0.39, 0.29) is 0 Å². The number of hydrogen-bond donors (Lipinski definition) is 0. The summed E-state index contributed by atoms with van der Waals surface area (Å²) in [5, 5.41) is 2.41. The number of rotatable bonds is 56. The Hall–Kier alpha value is -3.94. The molecule has 0 saturated heterocycles. The lowest BCUT2D eigenvalue weighted by Gasteiger charge is -2.14. The Bertz CT molecular complexity index is 1600. The smallest absolute Gasteiger partial charge is 0.169 e. The standard InChI is InChI=1S/C66H104O8/c67-49-37-29-21-13-5-1-9-17-25-33-41-53-71-63-57-45-46-59-62-60(48-47-58(61(57)62)64(63)72-54-42-34-26-18-10-2-6-14-22-30-38-50-68)66(74-56-44-36-28-20-12-4-8-16-24-32-40-52-70)65(59)73-55-43-35-27-19-11-3-7-15-23-31-39-51-69/h45-52H,1-44,53-56H2. The molecule has 0 aromatic heterocycles. The monoisotopic (exact) mass is 1020 g/mol. The third-order valence-electron chi connectivity index (χ3n) is 15.4. The molecule has 0 N–H and O–H groups in total. The van der Waals surface area contributed by atoms with Crippen molar-refractivity contribution in [2.45, 2.75) is 283 Å². The molecule has 2 aliphatic carbocycles. The van der Waals surface area contributed by atoms with Gasteiger partial charge in [0.15, 0.2) is 23.0 Å². The Morgan fingerprint density at radius 1 is 0.216 bits per heavy atom.